The fraction of sp³-hybridized carbons (Fsp3) is 0.350. The Labute approximate surface area is 147 Å². The summed E-state index contributed by atoms with van der Waals surface area (Å²) in [5.74, 6) is 0.975. The second-order valence-corrected chi connectivity index (χ2v) is 6.68. The summed E-state index contributed by atoms with van der Waals surface area (Å²) in [6.45, 7) is 2.14. The number of nitrogens with one attached hydrogen (secondary N) is 3. The molecule has 0 aromatic heterocycles. The molecule has 25 heavy (non-hydrogen) atoms. The zero-order chi connectivity index (χ0) is 17.4. The number of hydrogen-bond donors (Lipinski definition) is 3. The first-order valence-corrected chi connectivity index (χ1v) is 8.75. The molecule has 2 aliphatic rings. The van der Waals surface area contributed by atoms with Crippen LogP contribution in [-0.4, -0.2) is 19.1 Å². The van der Waals surface area contributed by atoms with E-state index in [9.17, 15) is 4.79 Å². The molecule has 2 heterocycles. The first-order valence-electron chi connectivity index (χ1n) is 8.75. The number of amides is 1. The number of hydrazine groups is 1. The predicted molar refractivity (Wildman–Crippen MR) is 96.0 cm³/mol. The van der Waals surface area contributed by atoms with Gasteiger partial charge in [0.2, 0.25) is 5.91 Å². The predicted octanol–water partition coefficient (Wildman–Crippen LogP) is 2.26. The Hall–Kier alpha value is -2.37. The summed E-state index contributed by atoms with van der Waals surface area (Å²) in [6, 6.07) is 16.4. The molecule has 3 N–H and O–H groups in total. The van der Waals surface area contributed by atoms with Gasteiger partial charge in [-0.2, -0.15) is 0 Å². The molecule has 0 aliphatic carbocycles. The van der Waals surface area contributed by atoms with Crippen LogP contribution >= 0.6 is 0 Å². The molecule has 1 amide bonds. The number of hydrogen-bond acceptors (Lipinski definition) is 4. The van der Waals surface area contributed by atoms with E-state index in [0.717, 1.165) is 23.3 Å². The Kier molecular flexibility index (Phi) is 4.19. The monoisotopic (exact) mass is 337 g/mol. The van der Waals surface area contributed by atoms with Crippen molar-refractivity contribution in [2.75, 3.05) is 7.11 Å². The van der Waals surface area contributed by atoms with E-state index in [4.69, 9.17) is 4.74 Å². The van der Waals surface area contributed by atoms with Crippen molar-refractivity contribution in [2.45, 2.75) is 31.5 Å². The smallest absolute Gasteiger partial charge is 0.239 e. The summed E-state index contributed by atoms with van der Waals surface area (Å²) >= 11 is 0. The van der Waals surface area contributed by atoms with Gasteiger partial charge in [0, 0.05) is 5.92 Å². The van der Waals surface area contributed by atoms with Gasteiger partial charge >= 0.3 is 0 Å². The molecule has 5 heteroatoms. The van der Waals surface area contributed by atoms with E-state index < -0.39 is 0 Å². The number of benzene rings is 2. The summed E-state index contributed by atoms with van der Waals surface area (Å²) < 4.78 is 5.35. The lowest BCUT2D eigenvalue weighted by molar-refractivity contribution is -0.121. The van der Waals surface area contributed by atoms with Gasteiger partial charge in [0.05, 0.1) is 19.2 Å². The average molecular weight is 337 g/mol. The van der Waals surface area contributed by atoms with E-state index in [0.29, 0.717) is 0 Å². The maximum absolute atomic E-state index is 12.4. The number of rotatable bonds is 4. The van der Waals surface area contributed by atoms with Crippen LogP contribution < -0.4 is 20.9 Å². The summed E-state index contributed by atoms with van der Waals surface area (Å²) in [4.78, 5) is 12.4. The van der Waals surface area contributed by atoms with Crippen molar-refractivity contribution in [1.29, 1.82) is 0 Å². The van der Waals surface area contributed by atoms with Crippen molar-refractivity contribution < 1.29 is 9.53 Å². The van der Waals surface area contributed by atoms with Crippen LogP contribution in [0.25, 0.3) is 0 Å². The largest absolute Gasteiger partial charge is 0.497 e. The van der Waals surface area contributed by atoms with Gasteiger partial charge in [-0.25, -0.2) is 10.9 Å². The Morgan fingerprint density at radius 1 is 0.960 bits per heavy atom. The lowest BCUT2D eigenvalue weighted by Crippen LogP contribution is -2.39. The maximum Gasteiger partial charge on any atom is 0.239 e. The number of aryl methyl sites for hydroxylation is 1. The van der Waals surface area contributed by atoms with Gasteiger partial charge in [0.15, 0.2) is 0 Å². The van der Waals surface area contributed by atoms with Crippen LogP contribution in [0.1, 0.15) is 35.7 Å². The molecular weight excluding hydrogens is 314 g/mol. The highest BCUT2D eigenvalue weighted by atomic mass is 16.5. The Balaban J connectivity index is 1.67. The Morgan fingerprint density at radius 2 is 1.72 bits per heavy atom. The molecule has 0 saturated carbocycles. The molecular formula is C20H23N3O2. The van der Waals surface area contributed by atoms with Gasteiger partial charge in [0.1, 0.15) is 11.8 Å². The molecule has 4 atom stereocenters. The molecule has 4 rings (SSSR count). The van der Waals surface area contributed by atoms with Crippen molar-refractivity contribution in [1.82, 2.24) is 16.2 Å². The van der Waals surface area contributed by atoms with E-state index in [1.165, 1.54) is 5.56 Å². The van der Waals surface area contributed by atoms with Gasteiger partial charge in [-0.3, -0.25) is 4.79 Å². The molecule has 2 saturated heterocycles. The minimum atomic E-state index is -0.230. The molecule has 4 unspecified atom stereocenters. The van der Waals surface area contributed by atoms with Crippen LogP contribution in [0.15, 0.2) is 48.5 Å². The van der Waals surface area contributed by atoms with E-state index in [1.54, 1.807) is 7.11 Å². The molecule has 0 bridgehead atoms. The Morgan fingerprint density at radius 3 is 2.44 bits per heavy atom. The van der Waals surface area contributed by atoms with Gasteiger partial charge in [-0.15, -0.1) is 0 Å². The van der Waals surface area contributed by atoms with Crippen LogP contribution in [0.4, 0.5) is 0 Å². The highest BCUT2D eigenvalue weighted by Gasteiger charge is 2.51. The van der Waals surface area contributed by atoms with Crippen molar-refractivity contribution >= 4 is 5.91 Å². The van der Waals surface area contributed by atoms with Crippen molar-refractivity contribution in [3.05, 3.63) is 65.2 Å². The zero-order valence-corrected chi connectivity index (χ0v) is 14.5. The SMILES string of the molecule is CCc1ccc(C2NC(=O)C3NNC(c4cccc(OC)c4)C32)cc1. The summed E-state index contributed by atoms with van der Waals surface area (Å²) in [7, 11) is 1.67. The van der Waals surface area contributed by atoms with Crippen molar-refractivity contribution in [2.24, 2.45) is 5.92 Å². The maximum atomic E-state index is 12.4. The molecule has 2 aliphatic heterocycles. The molecule has 2 aromatic rings. The molecule has 130 valence electrons. The quantitative estimate of drug-likeness (QED) is 0.801. The van der Waals surface area contributed by atoms with Crippen LogP contribution in [0.2, 0.25) is 0 Å². The van der Waals surface area contributed by atoms with Crippen LogP contribution in [0.3, 0.4) is 0 Å². The topological polar surface area (TPSA) is 62.4 Å². The number of fused-ring (bicyclic) bond motifs is 1. The number of carbonyl (C=O) groups excluding carboxylic acids is 1. The van der Waals surface area contributed by atoms with Crippen LogP contribution in [-0.2, 0) is 11.2 Å². The van der Waals surface area contributed by atoms with Crippen LogP contribution in [0.5, 0.6) is 5.75 Å². The van der Waals surface area contributed by atoms with E-state index in [-0.39, 0.29) is 30.0 Å². The fourth-order valence-electron chi connectivity index (χ4n) is 3.94. The van der Waals surface area contributed by atoms with E-state index >= 15 is 0 Å². The summed E-state index contributed by atoms with van der Waals surface area (Å²) in [5, 5.41) is 3.17. The van der Waals surface area contributed by atoms with Crippen molar-refractivity contribution in [3.63, 3.8) is 0 Å². The highest BCUT2D eigenvalue weighted by molar-refractivity contribution is 5.86. The van der Waals surface area contributed by atoms with Crippen LogP contribution in [0, 0.1) is 5.92 Å². The van der Waals surface area contributed by atoms with Gasteiger partial charge in [-0.05, 0) is 35.2 Å². The molecule has 0 radical (unpaired) electrons. The molecule has 5 nitrogen and oxygen atoms in total. The van der Waals surface area contributed by atoms with Gasteiger partial charge < -0.3 is 10.1 Å². The third-order valence-electron chi connectivity index (χ3n) is 5.33. The Bertz CT molecular complexity index is 775. The number of ether oxygens (including phenoxy) is 1. The fourth-order valence-corrected chi connectivity index (χ4v) is 3.94. The standard InChI is InChI=1S/C20H23N3O2/c1-3-12-7-9-13(10-8-12)17-16-18(22-23-19(16)20(24)21-17)14-5-4-6-15(11-14)25-2/h4-11,16-19,22-23H,3H2,1-2H3,(H,21,24). The second kappa shape index (κ2) is 6.50. The van der Waals surface area contributed by atoms with E-state index in [1.807, 2.05) is 18.2 Å². The molecule has 0 spiro atoms. The minimum absolute atomic E-state index is 0.0119. The lowest BCUT2D eigenvalue weighted by atomic mass is 9.83. The first-order chi connectivity index (χ1) is 12.2. The lowest BCUT2D eigenvalue weighted by Gasteiger charge is -2.24. The third-order valence-corrected chi connectivity index (χ3v) is 5.33. The first kappa shape index (κ1) is 16.1. The van der Waals surface area contributed by atoms with Gasteiger partial charge in [0.25, 0.3) is 0 Å². The van der Waals surface area contributed by atoms with Gasteiger partial charge in [-0.1, -0.05) is 43.3 Å². The summed E-state index contributed by atoms with van der Waals surface area (Å²) in [5.41, 5.74) is 10.1. The zero-order valence-electron chi connectivity index (χ0n) is 14.5. The van der Waals surface area contributed by atoms with E-state index in [2.05, 4.69) is 53.4 Å². The van der Waals surface area contributed by atoms with Crippen molar-refractivity contribution in [3.8, 4) is 5.75 Å². The average Bonchev–Trinajstić information content (AvgIpc) is 3.23. The summed E-state index contributed by atoms with van der Waals surface area (Å²) in [6.07, 6.45) is 1.01. The third kappa shape index (κ3) is 2.79. The molecule has 2 fully saturated rings. The minimum Gasteiger partial charge on any atom is -0.497 e. The second-order valence-electron chi connectivity index (χ2n) is 6.68. The number of methoxy groups -OCH3 is 1. The normalized spacial score (nSPS) is 27.8. The highest BCUT2D eigenvalue weighted by Crippen LogP contribution is 2.42. The molecule has 2 aromatic carbocycles. The number of carbonyl (C=O) groups is 1.